The molecule has 1 saturated heterocycles. The molecule has 0 aliphatic carbocycles. The number of hydrogen-bond acceptors (Lipinski definition) is 2. The van der Waals surface area contributed by atoms with E-state index >= 15 is 0 Å². The first-order valence-electron chi connectivity index (χ1n) is 3.76. The summed E-state index contributed by atoms with van der Waals surface area (Å²) in [4.78, 5) is 11.2. The van der Waals surface area contributed by atoms with Crippen molar-refractivity contribution in [3.05, 3.63) is 0 Å². The van der Waals surface area contributed by atoms with Crippen LogP contribution in [0.4, 0.5) is 0 Å². The summed E-state index contributed by atoms with van der Waals surface area (Å²) < 4.78 is 5.09. The monoisotopic (exact) mass is 221 g/mol. The summed E-state index contributed by atoms with van der Waals surface area (Å²) in [5.41, 5.74) is 0. The minimum Gasteiger partial charge on any atom is -0.381 e. The van der Waals surface area contributed by atoms with Gasteiger partial charge in [-0.25, -0.2) is 0 Å². The summed E-state index contributed by atoms with van der Waals surface area (Å²) in [7, 11) is 0. The molecule has 0 spiro atoms. The standard InChI is InChI=1S/C7H12BrNO2/c8-2-3-9-7(10)6-1-4-11-5-6/h6H,1-5H2,(H,9,10). The zero-order valence-electron chi connectivity index (χ0n) is 6.31. The molecule has 0 saturated carbocycles. The molecule has 0 aromatic carbocycles. The van der Waals surface area contributed by atoms with Crippen LogP contribution in [0.3, 0.4) is 0 Å². The Morgan fingerprint density at radius 3 is 3.09 bits per heavy atom. The number of hydrogen-bond donors (Lipinski definition) is 1. The molecule has 0 bridgehead atoms. The second-order valence-corrected chi connectivity index (χ2v) is 3.33. The van der Waals surface area contributed by atoms with E-state index in [0.29, 0.717) is 13.2 Å². The molecule has 1 rings (SSSR count). The van der Waals surface area contributed by atoms with E-state index in [0.717, 1.165) is 18.4 Å². The topological polar surface area (TPSA) is 38.3 Å². The zero-order chi connectivity index (χ0) is 8.10. The van der Waals surface area contributed by atoms with Crippen LogP contribution in [0.25, 0.3) is 0 Å². The van der Waals surface area contributed by atoms with Gasteiger partial charge >= 0.3 is 0 Å². The fraction of sp³-hybridized carbons (Fsp3) is 0.857. The molecule has 1 aliphatic rings. The first kappa shape index (κ1) is 9.00. The van der Waals surface area contributed by atoms with Crippen molar-refractivity contribution in [2.75, 3.05) is 25.1 Å². The summed E-state index contributed by atoms with van der Waals surface area (Å²) in [5.74, 6) is 0.219. The second-order valence-electron chi connectivity index (χ2n) is 2.54. The largest absolute Gasteiger partial charge is 0.381 e. The van der Waals surface area contributed by atoms with Crippen LogP contribution in [-0.2, 0) is 9.53 Å². The van der Waals surface area contributed by atoms with Gasteiger partial charge in [0, 0.05) is 18.5 Å². The molecule has 1 aliphatic heterocycles. The fourth-order valence-electron chi connectivity index (χ4n) is 1.06. The van der Waals surface area contributed by atoms with Crippen LogP contribution in [0.1, 0.15) is 6.42 Å². The SMILES string of the molecule is O=C(NCCBr)C1CCOC1. The Kier molecular flexibility index (Phi) is 3.86. The third-order valence-corrected chi connectivity index (χ3v) is 2.09. The predicted octanol–water partition coefficient (Wildman–Crippen LogP) is 0.534. The molecule has 1 N–H and O–H groups in total. The quantitative estimate of drug-likeness (QED) is 0.707. The first-order valence-corrected chi connectivity index (χ1v) is 4.88. The van der Waals surface area contributed by atoms with Gasteiger partial charge in [-0.1, -0.05) is 15.9 Å². The molecular formula is C7H12BrNO2. The minimum absolute atomic E-state index is 0.0917. The lowest BCUT2D eigenvalue weighted by atomic mass is 10.1. The third kappa shape index (κ3) is 2.79. The highest BCUT2D eigenvalue weighted by molar-refractivity contribution is 9.09. The maximum absolute atomic E-state index is 11.2. The molecule has 4 heteroatoms. The van der Waals surface area contributed by atoms with Gasteiger partial charge in [0.1, 0.15) is 0 Å². The van der Waals surface area contributed by atoms with Crippen LogP contribution in [0.2, 0.25) is 0 Å². The average molecular weight is 222 g/mol. The number of rotatable bonds is 3. The Labute approximate surface area is 74.6 Å². The average Bonchev–Trinajstić information content (AvgIpc) is 2.52. The zero-order valence-corrected chi connectivity index (χ0v) is 7.89. The Bertz CT molecular complexity index is 134. The van der Waals surface area contributed by atoms with Gasteiger partial charge in [-0.15, -0.1) is 0 Å². The number of nitrogens with one attached hydrogen (secondary N) is 1. The molecule has 1 atom stereocenters. The molecule has 0 aromatic rings. The van der Waals surface area contributed by atoms with Gasteiger partial charge in [0.05, 0.1) is 12.5 Å². The summed E-state index contributed by atoms with van der Waals surface area (Å²) in [6.45, 7) is 2.02. The van der Waals surface area contributed by atoms with Crippen LogP contribution in [-0.4, -0.2) is 31.0 Å². The number of halogens is 1. The molecule has 11 heavy (non-hydrogen) atoms. The van der Waals surface area contributed by atoms with Crippen molar-refractivity contribution in [1.29, 1.82) is 0 Å². The van der Waals surface area contributed by atoms with Crippen LogP contribution >= 0.6 is 15.9 Å². The van der Waals surface area contributed by atoms with Gasteiger partial charge in [-0.3, -0.25) is 4.79 Å². The van der Waals surface area contributed by atoms with Gasteiger partial charge < -0.3 is 10.1 Å². The van der Waals surface area contributed by atoms with Gasteiger partial charge in [-0.05, 0) is 6.42 Å². The lowest BCUT2D eigenvalue weighted by Crippen LogP contribution is -2.32. The van der Waals surface area contributed by atoms with Crippen molar-refractivity contribution >= 4 is 21.8 Å². The summed E-state index contributed by atoms with van der Waals surface area (Å²) in [5, 5.41) is 3.62. The highest BCUT2D eigenvalue weighted by atomic mass is 79.9. The van der Waals surface area contributed by atoms with E-state index in [1.165, 1.54) is 0 Å². The predicted molar refractivity (Wildman–Crippen MR) is 45.7 cm³/mol. The highest BCUT2D eigenvalue weighted by Crippen LogP contribution is 2.11. The minimum atomic E-state index is 0.0917. The highest BCUT2D eigenvalue weighted by Gasteiger charge is 2.22. The van der Waals surface area contributed by atoms with Crippen molar-refractivity contribution in [2.45, 2.75) is 6.42 Å². The smallest absolute Gasteiger partial charge is 0.225 e. The van der Waals surface area contributed by atoms with Gasteiger partial charge in [0.15, 0.2) is 0 Å². The van der Waals surface area contributed by atoms with Crippen LogP contribution in [0, 0.1) is 5.92 Å². The number of ether oxygens (including phenoxy) is 1. The van der Waals surface area contributed by atoms with E-state index in [2.05, 4.69) is 21.2 Å². The molecule has 1 heterocycles. The molecular weight excluding hydrogens is 210 g/mol. The van der Waals surface area contributed by atoms with Gasteiger partial charge in [0.25, 0.3) is 0 Å². The third-order valence-electron chi connectivity index (χ3n) is 1.69. The lowest BCUT2D eigenvalue weighted by molar-refractivity contribution is -0.124. The molecule has 1 amide bonds. The van der Waals surface area contributed by atoms with Gasteiger partial charge in [-0.2, -0.15) is 0 Å². The number of carbonyl (C=O) groups excluding carboxylic acids is 1. The molecule has 64 valence electrons. The van der Waals surface area contributed by atoms with Crippen molar-refractivity contribution in [3.8, 4) is 0 Å². The molecule has 0 aromatic heterocycles. The van der Waals surface area contributed by atoms with Crippen molar-refractivity contribution < 1.29 is 9.53 Å². The summed E-state index contributed by atoms with van der Waals surface area (Å²) in [6.07, 6.45) is 0.869. The van der Waals surface area contributed by atoms with E-state index in [-0.39, 0.29) is 11.8 Å². The molecule has 1 unspecified atom stereocenters. The Balaban J connectivity index is 2.17. The number of alkyl halides is 1. The molecule has 1 fully saturated rings. The maximum atomic E-state index is 11.2. The number of carbonyl (C=O) groups is 1. The fourth-order valence-corrected chi connectivity index (χ4v) is 1.25. The normalized spacial score (nSPS) is 23.5. The number of amides is 1. The van der Waals surface area contributed by atoms with Crippen LogP contribution in [0.5, 0.6) is 0 Å². The van der Waals surface area contributed by atoms with Crippen molar-refractivity contribution in [3.63, 3.8) is 0 Å². The first-order chi connectivity index (χ1) is 5.34. The van der Waals surface area contributed by atoms with E-state index in [1.807, 2.05) is 0 Å². The lowest BCUT2D eigenvalue weighted by Gasteiger charge is -2.06. The van der Waals surface area contributed by atoms with E-state index in [9.17, 15) is 4.79 Å². The summed E-state index contributed by atoms with van der Waals surface area (Å²) >= 11 is 3.24. The van der Waals surface area contributed by atoms with E-state index in [1.54, 1.807) is 0 Å². The Morgan fingerprint density at radius 2 is 2.55 bits per heavy atom. The van der Waals surface area contributed by atoms with Crippen LogP contribution < -0.4 is 5.32 Å². The van der Waals surface area contributed by atoms with Crippen molar-refractivity contribution in [1.82, 2.24) is 5.32 Å². The van der Waals surface area contributed by atoms with E-state index < -0.39 is 0 Å². The van der Waals surface area contributed by atoms with Crippen LogP contribution in [0.15, 0.2) is 0 Å². The van der Waals surface area contributed by atoms with E-state index in [4.69, 9.17) is 4.74 Å². The van der Waals surface area contributed by atoms with Gasteiger partial charge in [0.2, 0.25) is 5.91 Å². The second kappa shape index (κ2) is 4.72. The Morgan fingerprint density at radius 1 is 1.73 bits per heavy atom. The molecule has 0 radical (unpaired) electrons. The maximum Gasteiger partial charge on any atom is 0.225 e. The molecule has 3 nitrogen and oxygen atoms in total. The summed E-state index contributed by atoms with van der Waals surface area (Å²) in [6, 6.07) is 0. The van der Waals surface area contributed by atoms with Crippen molar-refractivity contribution in [2.24, 2.45) is 5.92 Å². The Hall–Kier alpha value is -0.0900.